The first-order valence-electron chi connectivity index (χ1n) is 5.87. The van der Waals surface area contributed by atoms with Crippen LogP contribution in [0.15, 0.2) is 32.3 Å². The van der Waals surface area contributed by atoms with Gasteiger partial charge in [-0.15, -0.1) is 22.7 Å². The van der Waals surface area contributed by atoms with E-state index in [0.29, 0.717) is 6.42 Å². The second-order valence-electron chi connectivity index (χ2n) is 4.36. The highest BCUT2D eigenvalue weighted by atomic mass is 79.9. The highest BCUT2D eigenvalue weighted by Gasteiger charge is 2.24. The quantitative estimate of drug-likeness (QED) is 0.766. The van der Waals surface area contributed by atoms with Crippen LogP contribution >= 0.6 is 38.6 Å². The zero-order valence-electron chi connectivity index (χ0n) is 10.9. The maximum absolute atomic E-state index is 12.3. The summed E-state index contributed by atoms with van der Waals surface area (Å²) in [4.78, 5) is 11.9. The third-order valence-electron chi connectivity index (χ3n) is 2.60. The summed E-state index contributed by atoms with van der Waals surface area (Å²) < 4.78 is 27.5. The second-order valence-corrected chi connectivity index (χ2v) is 9.44. The number of sulfonamides is 1. The molecule has 2 aromatic heterocycles. The highest BCUT2D eigenvalue weighted by molar-refractivity contribution is 9.11. The molecule has 2 aromatic rings. The largest absolute Gasteiger partial charge is 0.477 e. The summed E-state index contributed by atoms with van der Waals surface area (Å²) >= 11 is 5.56. The number of aromatic carboxylic acids is 1. The number of hydrogen-bond donors (Lipinski definition) is 2. The van der Waals surface area contributed by atoms with Gasteiger partial charge in [0.05, 0.1) is 3.79 Å². The van der Waals surface area contributed by atoms with E-state index >= 15 is 0 Å². The molecule has 2 N–H and O–H groups in total. The van der Waals surface area contributed by atoms with Crippen molar-refractivity contribution >= 4 is 54.6 Å². The molecule has 0 saturated carbocycles. The van der Waals surface area contributed by atoms with Gasteiger partial charge in [-0.05, 0) is 46.8 Å². The predicted octanol–water partition coefficient (Wildman–Crippen LogP) is 3.18. The molecule has 0 aliphatic carbocycles. The Balaban J connectivity index is 2.16. The Kier molecular flexibility index (Phi) is 5.20. The zero-order chi connectivity index (χ0) is 15.6. The van der Waals surface area contributed by atoms with Gasteiger partial charge < -0.3 is 5.11 Å². The van der Waals surface area contributed by atoms with Crippen LogP contribution < -0.4 is 4.72 Å². The van der Waals surface area contributed by atoms with Crippen LogP contribution in [0.1, 0.15) is 21.5 Å². The molecule has 0 fully saturated rings. The fourth-order valence-corrected chi connectivity index (χ4v) is 6.22. The summed E-state index contributed by atoms with van der Waals surface area (Å²) in [5.74, 6) is -1.14. The van der Waals surface area contributed by atoms with E-state index in [1.165, 1.54) is 0 Å². The number of hydrogen-bond acceptors (Lipinski definition) is 5. The fourth-order valence-electron chi connectivity index (χ4n) is 1.74. The number of carboxylic acid groups (broad SMARTS) is 1. The molecular formula is C12H12BrNO4S3. The Morgan fingerprint density at radius 1 is 1.52 bits per heavy atom. The van der Waals surface area contributed by atoms with Crippen LogP contribution in [0, 0.1) is 0 Å². The van der Waals surface area contributed by atoms with Gasteiger partial charge in [0.25, 0.3) is 0 Å². The Bertz CT molecular complexity index is 737. The molecule has 0 spiro atoms. The van der Waals surface area contributed by atoms with Crippen molar-refractivity contribution in [2.24, 2.45) is 0 Å². The highest BCUT2D eigenvalue weighted by Crippen LogP contribution is 2.31. The van der Waals surface area contributed by atoms with Gasteiger partial charge in [0, 0.05) is 10.9 Å². The van der Waals surface area contributed by atoms with E-state index in [2.05, 4.69) is 20.7 Å². The lowest BCUT2D eigenvalue weighted by Crippen LogP contribution is -2.33. The van der Waals surface area contributed by atoms with E-state index in [1.54, 1.807) is 18.3 Å². The molecule has 0 saturated heterocycles. The molecule has 114 valence electrons. The van der Waals surface area contributed by atoms with E-state index in [4.69, 9.17) is 5.11 Å². The lowest BCUT2D eigenvalue weighted by atomic mass is 10.2. The van der Waals surface area contributed by atoms with Crippen LogP contribution in [-0.4, -0.2) is 25.5 Å². The van der Waals surface area contributed by atoms with E-state index in [-0.39, 0.29) is 19.6 Å². The summed E-state index contributed by atoms with van der Waals surface area (Å²) in [6.45, 7) is 1.77. The molecule has 0 radical (unpaired) electrons. The summed E-state index contributed by atoms with van der Waals surface area (Å²) in [5, 5.41) is 10.9. The maximum Gasteiger partial charge on any atom is 0.345 e. The standard InChI is InChI=1S/C12H12BrNO4S3/c1-7(5-8-3-2-4-19-8)14-21(17,18)10-6-9(12(15)16)20-11(10)13/h2-4,6-7,14H,5H2,1H3,(H,15,16). The number of carboxylic acids is 1. The fraction of sp³-hybridized carbons (Fsp3) is 0.250. The number of thiophene rings is 2. The molecule has 1 atom stereocenters. The van der Waals surface area contributed by atoms with Crippen LogP contribution in [0.5, 0.6) is 0 Å². The third-order valence-corrected chi connectivity index (χ3v) is 7.33. The smallest absolute Gasteiger partial charge is 0.345 e. The Labute approximate surface area is 138 Å². The minimum absolute atomic E-state index is 0.0202. The lowest BCUT2D eigenvalue weighted by Gasteiger charge is -2.12. The molecule has 0 aromatic carbocycles. The number of carbonyl (C=O) groups is 1. The second kappa shape index (κ2) is 6.57. The summed E-state index contributed by atoms with van der Waals surface area (Å²) in [7, 11) is -3.75. The van der Waals surface area contributed by atoms with Crippen molar-refractivity contribution in [2.45, 2.75) is 24.3 Å². The average molecular weight is 410 g/mol. The van der Waals surface area contributed by atoms with Crippen molar-refractivity contribution in [2.75, 3.05) is 0 Å². The molecule has 5 nitrogen and oxygen atoms in total. The monoisotopic (exact) mass is 409 g/mol. The van der Waals surface area contributed by atoms with Gasteiger partial charge in [0.2, 0.25) is 10.0 Å². The van der Waals surface area contributed by atoms with Crippen molar-refractivity contribution in [1.82, 2.24) is 4.72 Å². The van der Waals surface area contributed by atoms with Crippen molar-refractivity contribution in [1.29, 1.82) is 0 Å². The third kappa shape index (κ3) is 4.13. The first-order chi connectivity index (χ1) is 9.79. The minimum atomic E-state index is -3.75. The van der Waals surface area contributed by atoms with Gasteiger partial charge in [-0.2, -0.15) is 0 Å². The van der Waals surface area contributed by atoms with E-state index in [0.717, 1.165) is 22.3 Å². The summed E-state index contributed by atoms with van der Waals surface area (Å²) in [6.07, 6.45) is 0.588. The van der Waals surface area contributed by atoms with E-state index in [9.17, 15) is 13.2 Å². The lowest BCUT2D eigenvalue weighted by molar-refractivity contribution is 0.0702. The molecule has 2 rings (SSSR count). The van der Waals surface area contributed by atoms with Gasteiger partial charge in [0.1, 0.15) is 9.77 Å². The molecule has 1 unspecified atom stereocenters. The van der Waals surface area contributed by atoms with Crippen LogP contribution in [0.4, 0.5) is 0 Å². The molecule has 9 heteroatoms. The van der Waals surface area contributed by atoms with Crippen LogP contribution in [0.3, 0.4) is 0 Å². The molecular weight excluding hydrogens is 398 g/mol. The zero-order valence-corrected chi connectivity index (χ0v) is 14.9. The minimum Gasteiger partial charge on any atom is -0.477 e. The van der Waals surface area contributed by atoms with Gasteiger partial charge >= 0.3 is 5.97 Å². The molecule has 21 heavy (non-hydrogen) atoms. The van der Waals surface area contributed by atoms with Crippen molar-refractivity contribution < 1.29 is 18.3 Å². The Hall–Kier alpha value is -0.740. The summed E-state index contributed by atoms with van der Waals surface area (Å²) in [6, 6.07) is 4.74. The van der Waals surface area contributed by atoms with Gasteiger partial charge in [-0.25, -0.2) is 17.9 Å². The Morgan fingerprint density at radius 3 is 2.76 bits per heavy atom. The van der Waals surface area contributed by atoms with Gasteiger partial charge in [-0.1, -0.05) is 6.07 Å². The molecule has 0 bridgehead atoms. The van der Waals surface area contributed by atoms with Crippen LogP contribution in [0.2, 0.25) is 0 Å². The first-order valence-corrected chi connectivity index (χ1v) is 9.84. The summed E-state index contributed by atoms with van der Waals surface area (Å²) in [5.41, 5.74) is 0. The van der Waals surface area contributed by atoms with E-state index < -0.39 is 16.0 Å². The topological polar surface area (TPSA) is 83.5 Å². The number of rotatable bonds is 6. The van der Waals surface area contributed by atoms with Crippen molar-refractivity contribution in [3.63, 3.8) is 0 Å². The van der Waals surface area contributed by atoms with Gasteiger partial charge in [0.15, 0.2) is 0 Å². The SMILES string of the molecule is CC(Cc1cccs1)NS(=O)(=O)c1cc(C(=O)O)sc1Br. The number of halogens is 1. The average Bonchev–Trinajstić information content (AvgIpc) is 2.97. The molecule has 0 amide bonds. The first kappa shape index (κ1) is 16.6. The van der Waals surface area contributed by atoms with Crippen LogP contribution in [0.25, 0.3) is 0 Å². The van der Waals surface area contributed by atoms with Crippen molar-refractivity contribution in [3.05, 3.63) is 37.1 Å². The van der Waals surface area contributed by atoms with Gasteiger partial charge in [-0.3, -0.25) is 0 Å². The van der Waals surface area contributed by atoms with Crippen molar-refractivity contribution in [3.8, 4) is 0 Å². The predicted molar refractivity (Wildman–Crippen MR) is 86.8 cm³/mol. The van der Waals surface area contributed by atoms with Crippen LogP contribution in [-0.2, 0) is 16.4 Å². The molecule has 0 aliphatic heterocycles. The Morgan fingerprint density at radius 2 is 2.24 bits per heavy atom. The maximum atomic E-state index is 12.3. The molecule has 0 aliphatic rings. The molecule has 2 heterocycles. The number of nitrogens with one attached hydrogen (secondary N) is 1. The van der Waals surface area contributed by atoms with E-state index in [1.807, 2.05) is 17.5 Å². The normalized spacial score (nSPS) is 13.2.